The van der Waals surface area contributed by atoms with E-state index in [2.05, 4.69) is 4.18 Å². The van der Waals surface area contributed by atoms with Gasteiger partial charge >= 0.3 is 15.6 Å². The van der Waals surface area contributed by atoms with Gasteiger partial charge in [0.15, 0.2) is 0 Å². The highest BCUT2D eigenvalue weighted by atomic mass is 32.2. The minimum atomic E-state index is -5.64. The van der Waals surface area contributed by atoms with Crippen LogP contribution in [0.2, 0.25) is 0 Å². The zero-order valence-corrected chi connectivity index (χ0v) is 11.8. The number of hydrogen-bond acceptors (Lipinski definition) is 3. The van der Waals surface area contributed by atoms with Gasteiger partial charge in [0.05, 0.1) is 0 Å². The van der Waals surface area contributed by atoms with Crippen molar-refractivity contribution >= 4 is 10.1 Å². The summed E-state index contributed by atoms with van der Waals surface area (Å²) in [5, 5.41) is 0. The van der Waals surface area contributed by atoms with E-state index in [1.54, 1.807) is 6.07 Å². The summed E-state index contributed by atoms with van der Waals surface area (Å²) >= 11 is 0. The van der Waals surface area contributed by atoms with Crippen molar-refractivity contribution in [3.05, 3.63) is 29.3 Å². The molecule has 0 amide bonds. The van der Waals surface area contributed by atoms with E-state index in [0.29, 0.717) is 11.1 Å². The Bertz CT molecular complexity index is 569. The van der Waals surface area contributed by atoms with E-state index in [-0.39, 0.29) is 11.2 Å². The number of hydrogen-bond donors (Lipinski definition) is 0. The summed E-state index contributed by atoms with van der Waals surface area (Å²) in [4.78, 5) is 0. The van der Waals surface area contributed by atoms with Crippen LogP contribution < -0.4 is 4.18 Å². The van der Waals surface area contributed by atoms with Gasteiger partial charge in [-0.25, -0.2) is 0 Å². The van der Waals surface area contributed by atoms with Crippen LogP contribution in [-0.4, -0.2) is 13.9 Å². The molecular formula is C12H15F3O3S. The lowest BCUT2D eigenvalue weighted by atomic mass is 9.86. The fraction of sp³-hybridized carbons (Fsp3) is 0.500. The Balaban J connectivity index is 3.23. The minimum absolute atomic E-state index is 0.301. The fourth-order valence-electron chi connectivity index (χ4n) is 1.32. The molecule has 0 saturated heterocycles. The van der Waals surface area contributed by atoms with E-state index < -0.39 is 15.6 Å². The zero-order valence-electron chi connectivity index (χ0n) is 11.0. The summed E-state index contributed by atoms with van der Waals surface area (Å²) in [7, 11) is -5.64. The Morgan fingerprint density at radius 2 is 1.63 bits per heavy atom. The molecule has 0 atom stereocenters. The molecule has 0 N–H and O–H groups in total. The lowest BCUT2D eigenvalue weighted by Gasteiger charge is -2.20. The molecule has 0 aliphatic heterocycles. The Morgan fingerprint density at radius 3 is 2.05 bits per heavy atom. The van der Waals surface area contributed by atoms with E-state index in [0.717, 1.165) is 0 Å². The first-order valence-electron chi connectivity index (χ1n) is 5.46. The second kappa shape index (κ2) is 4.70. The topological polar surface area (TPSA) is 43.4 Å². The predicted molar refractivity (Wildman–Crippen MR) is 65.5 cm³/mol. The summed E-state index contributed by atoms with van der Waals surface area (Å²) in [5.41, 5.74) is -4.75. The maximum absolute atomic E-state index is 12.3. The highest BCUT2D eigenvalue weighted by Crippen LogP contribution is 2.32. The fourth-order valence-corrected chi connectivity index (χ4v) is 1.83. The molecule has 0 saturated carbocycles. The highest BCUT2D eigenvalue weighted by Gasteiger charge is 2.48. The Morgan fingerprint density at radius 1 is 1.11 bits per heavy atom. The van der Waals surface area contributed by atoms with E-state index in [1.165, 1.54) is 19.1 Å². The van der Waals surface area contributed by atoms with Gasteiger partial charge in [0.1, 0.15) is 5.75 Å². The smallest absolute Gasteiger partial charge is 0.376 e. The van der Waals surface area contributed by atoms with Crippen LogP contribution in [0.15, 0.2) is 18.2 Å². The van der Waals surface area contributed by atoms with Crippen molar-refractivity contribution in [1.29, 1.82) is 0 Å². The molecular weight excluding hydrogens is 281 g/mol. The molecule has 3 nitrogen and oxygen atoms in total. The lowest BCUT2D eigenvalue weighted by molar-refractivity contribution is -0.0500. The summed E-state index contributed by atoms with van der Waals surface area (Å²) in [6.45, 7) is 7.06. The van der Waals surface area contributed by atoms with Crippen LogP contribution in [0, 0.1) is 6.92 Å². The third-order valence-electron chi connectivity index (χ3n) is 2.54. The van der Waals surface area contributed by atoms with Crippen LogP contribution in [0.25, 0.3) is 0 Å². The van der Waals surface area contributed by atoms with Gasteiger partial charge in [-0.05, 0) is 29.5 Å². The third kappa shape index (κ3) is 3.62. The number of rotatable bonds is 2. The summed E-state index contributed by atoms with van der Waals surface area (Å²) in [5.74, 6) is -0.301. The van der Waals surface area contributed by atoms with Crippen molar-refractivity contribution in [2.24, 2.45) is 0 Å². The second-order valence-corrected chi connectivity index (χ2v) is 6.75. The zero-order chi connectivity index (χ0) is 15.1. The van der Waals surface area contributed by atoms with Crippen molar-refractivity contribution in [2.75, 3.05) is 0 Å². The maximum atomic E-state index is 12.3. The van der Waals surface area contributed by atoms with Crippen LogP contribution in [0.5, 0.6) is 5.75 Å². The molecule has 1 aromatic rings. The van der Waals surface area contributed by atoms with E-state index in [9.17, 15) is 21.6 Å². The number of aryl methyl sites for hydroxylation is 1. The van der Waals surface area contributed by atoms with Crippen molar-refractivity contribution in [2.45, 2.75) is 38.6 Å². The number of benzene rings is 1. The van der Waals surface area contributed by atoms with Crippen LogP contribution in [0.4, 0.5) is 13.2 Å². The van der Waals surface area contributed by atoms with E-state index in [1.807, 2.05) is 20.8 Å². The van der Waals surface area contributed by atoms with Gasteiger partial charge in [0, 0.05) is 0 Å². The van der Waals surface area contributed by atoms with Crippen molar-refractivity contribution in [3.8, 4) is 5.75 Å². The van der Waals surface area contributed by atoms with Crippen molar-refractivity contribution < 1.29 is 25.8 Å². The standard InChI is InChI=1S/C12H15F3O3S/c1-8-5-6-9(11(2,3)4)7-10(8)18-19(16,17)12(13,14)15/h5-7H,1-4H3. The first kappa shape index (κ1) is 15.8. The Labute approximate surface area is 110 Å². The number of halogens is 3. The van der Waals surface area contributed by atoms with Crippen LogP contribution in [0.1, 0.15) is 31.9 Å². The van der Waals surface area contributed by atoms with Gasteiger partial charge in [-0.2, -0.15) is 21.6 Å². The molecule has 0 bridgehead atoms. The Kier molecular flexibility index (Phi) is 3.91. The van der Waals surface area contributed by atoms with Gasteiger partial charge in [-0.15, -0.1) is 0 Å². The quantitative estimate of drug-likeness (QED) is 0.619. The molecule has 0 aromatic heterocycles. The predicted octanol–water partition coefficient (Wildman–Crippen LogP) is 3.52. The molecule has 0 spiro atoms. The monoisotopic (exact) mass is 296 g/mol. The van der Waals surface area contributed by atoms with E-state index >= 15 is 0 Å². The van der Waals surface area contributed by atoms with Crippen molar-refractivity contribution in [1.82, 2.24) is 0 Å². The summed E-state index contributed by atoms with van der Waals surface area (Å²) in [6, 6.07) is 4.57. The molecule has 0 unspecified atom stereocenters. The summed E-state index contributed by atoms with van der Waals surface area (Å²) in [6.07, 6.45) is 0. The molecule has 0 heterocycles. The van der Waals surface area contributed by atoms with Crippen LogP contribution >= 0.6 is 0 Å². The minimum Gasteiger partial charge on any atom is -0.376 e. The molecule has 7 heteroatoms. The molecule has 0 aliphatic rings. The van der Waals surface area contributed by atoms with Gasteiger partial charge in [0.25, 0.3) is 0 Å². The van der Waals surface area contributed by atoms with Crippen molar-refractivity contribution in [3.63, 3.8) is 0 Å². The second-order valence-electron chi connectivity index (χ2n) is 5.21. The molecule has 0 aliphatic carbocycles. The van der Waals surface area contributed by atoms with Gasteiger partial charge in [0.2, 0.25) is 0 Å². The summed E-state index contributed by atoms with van der Waals surface area (Å²) < 4.78 is 63.0. The molecule has 0 radical (unpaired) electrons. The molecule has 1 rings (SSSR count). The van der Waals surface area contributed by atoms with Gasteiger partial charge in [-0.3, -0.25) is 0 Å². The molecule has 19 heavy (non-hydrogen) atoms. The lowest BCUT2D eigenvalue weighted by Crippen LogP contribution is -2.28. The first-order valence-corrected chi connectivity index (χ1v) is 6.87. The average Bonchev–Trinajstić information content (AvgIpc) is 2.17. The van der Waals surface area contributed by atoms with Crippen LogP contribution in [0.3, 0.4) is 0 Å². The Hall–Kier alpha value is -1.24. The van der Waals surface area contributed by atoms with Crippen LogP contribution in [-0.2, 0) is 15.5 Å². The largest absolute Gasteiger partial charge is 0.534 e. The van der Waals surface area contributed by atoms with Gasteiger partial charge in [-0.1, -0.05) is 32.9 Å². The molecule has 108 valence electrons. The molecule has 1 aromatic carbocycles. The highest BCUT2D eigenvalue weighted by molar-refractivity contribution is 7.88. The SMILES string of the molecule is Cc1ccc(C(C)(C)C)cc1OS(=O)(=O)C(F)(F)F. The normalized spacial score (nSPS) is 13.4. The maximum Gasteiger partial charge on any atom is 0.534 e. The van der Waals surface area contributed by atoms with E-state index in [4.69, 9.17) is 0 Å². The van der Waals surface area contributed by atoms with Gasteiger partial charge < -0.3 is 4.18 Å². The number of alkyl halides is 3. The average molecular weight is 296 g/mol. The third-order valence-corrected chi connectivity index (χ3v) is 3.50. The first-order chi connectivity index (χ1) is 8.34. The molecule has 0 fully saturated rings.